The molecule has 24 heavy (non-hydrogen) atoms. The minimum Gasteiger partial charge on any atom is -0.293 e. The van der Waals surface area contributed by atoms with Crippen molar-refractivity contribution in [1.29, 1.82) is 0 Å². The Morgan fingerprint density at radius 2 is 1.50 bits per heavy atom. The number of ketones is 1. The maximum absolute atomic E-state index is 13.1. The van der Waals surface area contributed by atoms with Gasteiger partial charge in [0, 0.05) is 5.56 Å². The van der Waals surface area contributed by atoms with Crippen LogP contribution in [0.1, 0.15) is 37.3 Å². The molecule has 5 heteroatoms. The number of benzene rings is 2. The number of rotatable bonds is 5. The molecule has 1 atom stereocenters. The first-order valence-electron chi connectivity index (χ1n) is 7.67. The molecule has 122 valence electrons. The van der Waals surface area contributed by atoms with Crippen molar-refractivity contribution in [3.05, 3.63) is 75.8 Å². The summed E-state index contributed by atoms with van der Waals surface area (Å²) in [4.78, 5) is 13.1. The smallest absolute Gasteiger partial charge is 0.180 e. The van der Waals surface area contributed by atoms with E-state index >= 15 is 0 Å². The SMILES string of the molecule is Cc1ccc(C(=O)[C@@H](Sc2nnc(C)s2)c2ccc(C)cc2)cc1. The molecule has 0 saturated carbocycles. The number of thioether (sulfide) groups is 1. The van der Waals surface area contributed by atoms with Crippen LogP contribution in [-0.4, -0.2) is 16.0 Å². The van der Waals surface area contributed by atoms with Gasteiger partial charge in [-0.15, -0.1) is 10.2 Å². The predicted octanol–water partition coefficient (Wildman–Crippen LogP) is 5.18. The zero-order valence-corrected chi connectivity index (χ0v) is 15.4. The van der Waals surface area contributed by atoms with E-state index < -0.39 is 0 Å². The van der Waals surface area contributed by atoms with Gasteiger partial charge in [0.25, 0.3) is 0 Å². The lowest BCUT2D eigenvalue weighted by atomic mass is 10.0. The van der Waals surface area contributed by atoms with E-state index in [1.165, 1.54) is 28.7 Å². The molecular weight excluding hydrogens is 336 g/mol. The monoisotopic (exact) mass is 354 g/mol. The van der Waals surface area contributed by atoms with Crippen molar-refractivity contribution in [1.82, 2.24) is 10.2 Å². The molecule has 0 spiro atoms. The molecule has 1 heterocycles. The minimum atomic E-state index is -0.319. The van der Waals surface area contributed by atoms with Crippen LogP contribution in [-0.2, 0) is 0 Å². The van der Waals surface area contributed by atoms with Crippen molar-refractivity contribution < 1.29 is 4.79 Å². The second-order valence-electron chi connectivity index (χ2n) is 5.73. The molecule has 1 aromatic heterocycles. The highest BCUT2D eigenvalue weighted by Crippen LogP contribution is 2.39. The molecule has 3 rings (SSSR count). The summed E-state index contributed by atoms with van der Waals surface area (Å²) in [6.45, 7) is 5.98. The van der Waals surface area contributed by atoms with E-state index in [1.54, 1.807) is 0 Å². The average molecular weight is 355 g/mol. The third-order valence-corrected chi connectivity index (χ3v) is 5.86. The number of aromatic nitrogens is 2. The van der Waals surface area contributed by atoms with Crippen LogP contribution in [0.5, 0.6) is 0 Å². The number of Topliss-reactive ketones (excluding diaryl/α,β-unsaturated/α-hetero) is 1. The van der Waals surface area contributed by atoms with Crippen LogP contribution in [0.25, 0.3) is 0 Å². The van der Waals surface area contributed by atoms with E-state index in [0.717, 1.165) is 26.0 Å². The zero-order valence-electron chi connectivity index (χ0n) is 13.8. The molecule has 0 unspecified atom stereocenters. The summed E-state index contributed by atoms with van der Waals surface area (Å²) in [5.74, 6) is 0.0942. The lowest BCUT2D eigenvalue weighted by Gasteiger charge is -2.15. The summed E-state index contributed by atoms with van der Waals surface area (Å²) in [6.07, 6.45) is 0. The van der Waals surface area contributed by atoms with E-state index in [2.05, 4.69) is 10.2 Å². The van der Waals surface area contributed by atoms with E-state index in [1.807, 2.05) is 69.3 Å². The quantitative estimate of drug-likeness (QED) is 0.468. The van der Waals surface area contributed by atoms with Gasteiger partial charge in [0.1, 0.15) is 5.01 Å². The van der Waals surface area contributed by atoms with Crippen LogP contribution < -0.4 is 0 Å². The molecule has 0 aliphatic heterocycles. The van der Waals surface area contributed by atoms with Crippen LogP contribution >= 0.6 is 23.1 Å². The van der Waals surface area contributed by atoms with Gasteiger partial charge in [0.2, 0.25) is 0 Å². The van der Waals surface area contributed by atoms with Gasteiger partial charge < -0.3 is 0 Å². The molecule has 0 radical (unpaired) electrons. The molecule has 0 saturated heterocycles. The largest absolute Gasteiger partial charge is 0.293 e. The Balaban J connectivity index is 1.95. The lowest BCUT2D eigenvalue weighted by Crippen LogP contribution is -2.10. The Morgan fingerprint density at radius 1 is 0.917 bits per heavy atom. The summed E-state index contributed by atoms with van der Waals surface area (Å²) < 4.78 is 0.818. The van der Waals surface area contributed by atoms with E-state index in [-0.39, 0.29) is 11.0 Å². The van der Waals surface area contributed by atoms with Crippen LogP contribution in [0.15, 0.2) is 52.9 Å². The second kappa shape index (κ2) is 7.28. The van der Waals surface area contributed by atoms with Gasteiger partial charge in [-0.05, 0) is 26.3 Å². The highest BCUT2D eigenvalue weighted by atomic mass is 32.2. The van der Waals surface area contributed by atoms with Crippen LogP contribution in [0, 0.1) is 20.8 Å². The highest BCUT2D eigenvalue weighted by molar-refractivity contribution is 8.01. The fourth-order valence-electron chi connectivity index (χ4n) is 2.31. The number of hydrogen-bond acceptors (Lipinski definition) is 5. The van der Waals surface area contributed by atoms with Crippen LogP contribution in [0.2, 0.25) is 0 Å². The summed E-state index contributed by atoms with van der Waals surface area (Å²) in [6, 6.07) is 15.8. The maximum Gasteiger partial charge on any atom is 0.180 e. The van der Waals surface area contributed by atoms with Crippen molar-refractivity contribution in [2.75, 3.05) is 0 Å². The van der Waals surface area contributed by atoms with Crippen molar-refractivity contribution in [2.45, 2.75) is 30.4 Å². The lowest BCUT2D eigenvalue weighted by molar-refractivity contribution is 0.0989. The van der Waals surface area contributed by atoms with Crippen molar-refractivity contribution in [3.8, 4) is 0 Å². The zero-order chi connectivity index (χ0) is 17.1. The predicted molar refractivity (Wildman–Crippen MR) is 99.9 cm³/mol. The van der Waals surface area contributed by atoms with Crippen molar-refractivity contribution in [2.24, 2.45) is 0 Å². The number of aryl methyl sites for hydroxylation is 3. The van der Waals surface area contributed by atoms with Gasteiger partial charge in [0.15, 0.2) is 10.1 Å². The number of carbonyl (C=O) groups is 1. The van der Waals surface area contributed by atoms with Gasteiger partial charge in [-0.1, -0.05) is 82.8 Å². The maximum atomic E-state index is 13.1. The topological polar surface area (TPSA) is 42.9 Å². The van der Waals surface area contributed by atoms with E-state index in [9.17, 15) is 4.79 Å². The van der Waals surface area contributed by atoms with E-state index in [0.29, 0.717) is 0 Å². The van der Waals surface area contributed by atoms with Gasteiger partial charge in [0.05, 0.1) is 5.25 Å². The van der Waals surface area contributed by atoms with Gasteiger partial charge in [-0.3, -0.25) is 4.79 Å². The summed E-state index contributed by atoms with van der Waals surface area (Å²) >= 11 is 2.99. The standard InChI is InChI=1S/C19H18N2OS2/c1-12-4-8-15(9-5-12)17(22)18(16-10-6-13(2)7-11-16)24-19-21-20-14(3)23-19/h4-11,18H,1-3H3/t18-/m0/s1. The molecule has 0 aliphatic carbocycles. The van der Waals surface area contributed by atoms with Crippen LogP contribution in [0.3, 0.4) is 0 Å². The fraction of sp³-hybridized carbons (Fsp3) is 0.211. The summed E-state index contributed by atoms with van der Waals surface area (Å²) in [7, 11) is 0. The van der Waals surface area contributed by atoms with Gasteiger partial charge in [-0.2, -0.15) is 0 Å². The summed E-state index contributed by atoms with van der Waals surface area (Å²) in [5, 5.41) is 8.81. The Hall–Kier alpha value is -1.98. The fourth-order valence-corrected chi connectivity index (χ4v) is 4.40. The van der Waals surface area contributed by atoms with E-state index in [4.69, 9.17) is 0 Å². The second-order valence-corrected chi connectivity index (χ2v) is 8.26. The number of nitrogens with zero attached hydrogens (tertiary/aromatic N) is 2. The molecule has 0 amide bonds. The Kier molecular flexibility index (Phi) is 5.11. The molecule has 0 N–H and O–H groups in total. The average Bonchev–Trinajstić information content (AvgIpc) is 2.99. The molecular formula is C19H18N2OS2. The first-order valence-corrected chi connectivity index (χ1v) is 9.37. The Bertz CT molecular complexity index is 839. The Labute approximate surface area is 150 Å². The molecule has 0 bridgehead atoms. The molecule has 2 aromatic carbocycles. The third kappa shape index (κ3) is 3.91. The number of hydrogen-bond donors (Lipinski definition) is 0. The first kappa shape index (κ1) is 16.9. The van der Waals surface area contributed by atoms with Gasteiger partial charge in [-0.25, -0.2) is 0 Å². The first-order chi connectivity index (χ1) is 11.5. The molecule has 3 aromatic rings. The minimum absolute atomic E-state index is 0.0942. The molecule has 3 nitrogen and oxygen atoms in total. The Morgan fingerprint density at radius 3 is 2.04 bits per heavy atom. The normalized spacial score (nSPS) is 12.1. The van der Waals surface area contributed by atoms with Crippen LogP contribution in [0.4, 0.5) is 0 Å². The molecule has 0 fully saturated rings. The number of carbonyl (C=O) groups excluding carboxylic acids is 1. The molecule has 0 aliphatic rings. The van der Waals surface area contributed by atoms with Crippen molar-refractivity contribution in [3.63, 3.8) is 0 Å². The third-order valence-electron chi connectivity index (χ3n) is 3.68. The van der Waals surface area contributed by atoms with Gasteiger partial charge >= 0.3 is 0 Å². The summed E-state index contributed by atoms with van der Waals surface area (Å²) in [5.41, 5.74) is 4.03. The van der Waals surface area contributed by atoms with Crippen molar-refractivity contribution >= 4 is 28.9 Å². The highest BCUT2D eigenvalue weighted by Gasteiger charge is 2.25.